The lowest BCUT2D eigenvalue weighted by atomic mass is 10.0. The van der Waals surface area contributed by atoms with Crippen LogP contribution >= 0.6 is 11.5 Å². The number of hydrogen-bond acceptors (Lipinski definition) is 4. The second-order valence-corrected chi connectivity index (χ2v) is 5.41. The summed E-state index contributed by atoms with van der Waals surface area (Å²) in [6.45, 7) is 7.67. The molecular weight excluding hydrogens is 218 g/mol. The van der Waals surface area contributed by atoms with Crippen molar-refractivity contribution in [3.63, 3.8) is 0 Å². The van der Waals surface area contributed by atoms with Gasteiger partial charge < -0.3 is 5.32 Å². The van der Waals surface area contributed by atoms with Crippen molar-refractivity contribution in [1.82, 2.24) is 14.7 Å². The van der Waals surface area contributed by atoms with E-state index < -0.39 is 0 Å². The molecule has 0 bridgehead atoms. The first-order valence-electron chi connectivity index (χ1n) is 6.33. The zero-order chi connectivity index (χ0) is 11.5. The second kappa shape index (κ2) is 5.23. The van der Waals surface area contributed by atoms with Gasteiger partial charge in [0.1, 0.15) is 10.8 Å². The third kappa shape index (κ3) is 2.61. The zero-order valence-corrected chi connectivity index (χ0v) is 11.2. The Morgan fingerprint density at radius 2 is 2.19 bits per heavy atom. The van der Waals surface area contributed by atoms with Gasteiger partial charge in [-0.3, -0.25) is 0 Å². The first-order valence-corrected chi connectivity index (χ1v) is 7.10. The van der Waals surface area contributed by atoms with Gasteiger partial charge in [0.2, 0.25) is 0 Å². The van der Waals surface area contributed by atoms with Crippen LogP contribution in [0.2, 0.25) is 0 Å². The summed E-state index contributed by atoms with van der Waals surface area (Å²) in [5.41, 5.74) is 0. The van der Waals surface area contributed by atoms with E-state index in [0.29, 0.717) is 17.9 Å². The average Bonchev–Trinajstić information content (AvgIpc) is 3.03. The normalized spacial score (nSPS) is 19.7. The van der Waals surface area contributed by atoms with E-state index in [-0.39, 0.29) is 0 Å². The van der Waals surface area contributed by atoms with Gasteiger partial charge in [-0.15, -0.1) is 0 Å². The highest BCUT2D eigenvalue weighted by atomic mass is 32.1. The molecule has 0 saturated heterocycles. The van der Waals surface area contributed by atoms with Crippen molar-refractivity contribution in [3.8, 4) is 0 Å². The number of nitrogens with one attached hydrogen (secondary N) is 1. The van der Waals surface area contributed by atoms with Gasteiger partial charge in [0.15, 0.2) is 0 Å². The van der Waals surface area contributed by atoms with Crippen LogP contribution in [0.5, 0.6) is 0 Å². The Bertz CT molecular complexity index is 333. The maximum Gasteiger partial charge on any atom is 0.145 e. The fourth-order valence-corrected chi connectivity index (χ4v) is 2.89. The maximum atomic E-state index is 4.69. The standard InChI is InChI=1S/C12H21N3S/c1-4-10(13-5-2)8(3)12-14-11(15-16-12)9-6-7-9/h8-10,13H,4-7H2,1-3H3. The molecule has 1 aromatic rings. The molecule has 90 valence electrons. The molecule has 0 aliphatic heterocycles. The van der Waals surface area contributed by atoms with E-state index in [1.54, 1.807) is 11.5 Å². The predicted molar refractivity (Wildman–Crippen MR) is 68.1 cm³/mol. The van der Waals surface area contributed by atoms with Crippen LogP contribution < -0.4 is 5.32 Å². The van der Waals surface area contributed by atoms with Crippen LogP contribution in [0.3, 0.4) is 0 Å². The second-order valence-electron chi connectivity index (χ2n) is 4.63. The fourth-order valence-electron chi connectivity index (χ4n) is 2.05. The maximum absolute atomic E-state index is 4.69. The molecule has 2 atom stereocenters. The molecule has 1 saturated carbocycles. The zero-order valence-electron chi connectivity index (χ0n) is 10.4. The monoisotopic (exact) mass is 239 g/mol. The van der Waals surface area contributed by atoms with E-state index in [2.05, 4.69) is 30.5 Å². The van der Waals surface area contributed by atoms with Crippen LogP contribution in [0, 0.1) is 0 Å². The fraction of sp³-hybridized carbons (Fsp3) is 0.833. The molecule has 3 nitrogen and oxygen atoms in total. The summed E-state index contributed by atoms with van der Waals surface area (Å²) in [4.78, 5) is 4.69. The number of nitrogens with zero attached hydrogens (tertiary/aromatic N) is 2. The SMILES string of the molecule is CCNC(CC)C(C)c1nc(C2CC2)ns1. The van der Waals surface area contributed by atoms with Crippen molar-refractivity contribution in [2.24, 2.45) is 0 Å². The lowest BCUT2D eigenvalue weighted by Gasteiger charge is -2.21. The minimum Gasteiger partial charge on any atom is -0.314 e. The number of rotatable bonds is 6. The van der Waals surface area contributed by atoms with Crippen molar-refractivity contribution in [1.29, 1.82) is 0 Å². The quantitative estimate of drug-likeness (QED) is 0.829. The van der Waals surface area contributed by atoms with E-state index in [9.17, 15) is 0 Å². The van der Waals surface area contributed by atoms with Gasteiger partial charge in [0, 0.05) is 17.9 Å². The molecule has 2 unspecified atom stereocenters. The molecule has 1 aliphatic rings. The lowest BCUT2D eigenvalue weighted by molar-refractivity contribution is 0.447. The molecule has 1 aliphatic carbocycles. The molecule has 1 fully saturated rings. The van der Waals surface area contributed by atoms with E-state index >= 15 is 0 Å². The first kappa shape index (κ1) is 12.0. The molecule has 0 aromatic carbocycles. The van der Waals surface area contributed by atoms with E-state index in [1.165, 1.54) is 17.8 Å². The Balaban J connectivity index is 2.02. The van der Waals surface area contributed by atoms with Gasteiger partial charge in [-0.1, -0.05) is 20.8 Å². The van der Waals surface area contributed by atoms with E-state index in [4.69, 9.17) is 4.98 Å². The third-order valence-electron chi connectivity index (χ3n) is 3.30. The van der Waals surface area contributed by atoms with Crippen LogP contribution in [-0.4, -0.2) is 21.9 Å². The topological polar surface area (TPSA) is 37.8 Å². The Morgan fingerprint density at radius 3 is 2.75 bits per heavy atom. The summed E-state index contributed by atoms with van der Waals surface area (Å²) in [5.74, 6) is 2.25. The Hall–Kier alpha value is -0.480. The smallest absolute Gasteiger partial charge is 0.145 e. The van der Waals surface area contributed by atoms with Crippen LogP contribution in [0.15, 0.2) is 0 Å². The van der Waals surface area contributed by atoms with Crippen LogP contribution in [0.4, 0.5) is 0 Å². The van der Waals surface area contributed by atoms with Gasteiger partial charge in [-0.05, 0) is 37.3 Å². The molecule has 4 heteroatoms. The number of aromatic nitrogens is 2. The Morgan fingerprint density at radius 1 is 1.44 bits per heavy atom. The summed E-state index contributed by atoms with van der Waals surface area (Å²) in [7, 11) is 0. The average molecular weight is 239 g/mol. The van der Waals surface area contributed by atoms with Crippen LogP contribution in [0.1, 0.15) is 62.7 Å². The third-order valence-corrected chi connectivity index (χ3v) is 4.23. The van der Waals surface area contributed by atoms with Crippen molar-refractivity contribution < 1.29 is 0 Å². The highest BCUT2D eigenvalue weighted by molar-refractivity contribution is 7.05. The summed E-state index contributed by atoms with van der Waals surface area (Å²) in [6, 6.07) is 0.532. The summed E-state index contributed by atoms with van der Waals surface area (Å²) < 4.78 is 4.48. The van der Waals surface area contributed by atoms with Gasteiger partial charge in [0.05, 0.1) is 0 Å². The van der Waals surface area contributed by atoms with Gasteiger partial charge in [0.25, 0.3) is 0 Å². The predicted octanol–water partition coefficient (Wildman–Crippen LogP) is 2.91. The highest BCUT2D eigenvalue weighted by Crippen LogP contribution is 2.39. The highest BCUT2D eigenvalue weighted by Gasteiger charge is 2.29. The van der Waals surface area contributed by atoms with Crippen LogP contribution in [-0.2, 0) is 0 Å². The molecular formula is C12H21N3S. The summed E-state index contributed by atoms with van der Waals surface area (Å²) >= 11 is 1.59. The largest absolute Gasteiger partial charge is 0.314 e. The molecule has 16 heavy (non-hydrogen) atoms. The minimum absolute atomic E-state index is 0.481. The van der Waals surface area contributed by atoms with E-state index in [1.807, 2.05) is 0 Å². The first-order chi connectivity index (χ1) is 7.76. The molecule has 2 rings (SSSR count). The number of hydrogen-bond donors (Lipinski definition) is 1. The molecule has 1 heterocycles. The van der Waals surface area contributed by atoms with Crippen molar-refractivity contribution in [2.75, 3.05) is 6.54 Å². The van der Waals surface area contributed by atoms with Crippen molar-refractivity contribution in [2.45, 2.75) is 57.9 Å². The van der Waals surface area contributed by atoms with E-state index in [0.717, 1.165) is 18.8 Å². The minimum atomic E-state index is 0.481. The van der Waals surface area contributed by atoms with Gasteiger partial charge in [-0.25, -0.2) is 4.98 Å². The van der Waals surface area contributed by atoms with Crippen molar-refractivity contribution in [3.05, 3.63) is 10.8 Å². The number of likely N-dealkylation sites (N-methyl/N-ethyl adjacent to an activating group) is 1. The Labute approximate surface area is 102 Å². The Kier molecular flexibility index (Phi) is 3.92. The van der Waals surface area contributed by atoms with Crippen molar-refractivity contribution >= 4 is 11.5 Å². The molecule has 1 N–H and O–H groups in total. The lowest BCUT2D eigenvalue weighted by Crippen LogP contribution is -2.32. The summed E-state index contributed by atoms with van der Waals surface area (Å²) in [5, 5.41) is 4.73. The molecule has 1 aromatic heterocycles. The van der Waals surface area contributed by atoms with Crippen LogP contribution in [0.25, 0.3) is 0 Å². The van der Waals surface area contributed by atoms with Gasteiger partial charge >= 0.3 is 0 Å². The van der Waals surface area contributed by atoms with Gasteiger partial charge in [-0.2, -0.15) is 4.37 Å². The molecule has 0 amide bonds. The molecule has 0 spiro atoms. The molecule has 0 radical (unpaired) electrons. The summed E-state index contributed by atoms with van der Waals surface area (Å²) in [6.07, 6.45) is 3.72.